The van der Waals surface area contributed by atoms with Gasteiger partial charge in [-0.25, -0.2) is 9.59 Å². The highest BCUT2D eigenvalue weighted by Gasteiger charge is 2.42. The molecule has 3 heterocycles. The number of carboxylic acid groups (broad SMARTS) is 2. The van der Waals surface area contributed by atoms with Gasteiger partial charge in [0.05, 0.1) is 18.3 Å². The summed E-state index contributed by atoms with van der Waals surface area (Å²) in [5, 5.41) is 19.2. The molecule has 0 bridgehead atoms. The van der Waals surface area contributed by atoms with Crippen LogP contribution < -0.4 is 10.5 Å². The highest BCUT2D eigenvalue weighted by Crippen LogP contribution is 2.47. The van der Waals surface area contributed by atoms with Crippen LogP contribution in [0.3, 0.4) is 0 Å². The maximum atomic E-state index is 10.6. The van der Waals surface area contributed by atoms with Crippen molar-refractivity contribution in [2.24, 2.45) is 23.7 Å². The summed E-state index contributed by atoms with van der Waals surface area (Å²) >= 11 is 1.65. The van der Waals surface area contributed by atoms with Gasteiger partial charge in [-0.2, -0.15) is 31.4 Å². The maximum Gasteiger partial charge on any atom is 0.490 e. The molecule has 9 nitrogen and oxygen atoms in total. The molecule has 4 N–H and O–H groups in total. The van der Waals surface area contributed by atoms with Crippen molar-refractivity contribution in [3.63, 3.8) is 0 Å². The topological polar surface area (TPSA) is 140 Å². The van der Waals surface area contributed by atoms with E-state index in [9.17, 15) is 26.3 Å². The molecule has 1 aromatic heterocycles. The molecule has 2 aromatic rings. The molecule has 0 radical (unpaired) electrons. The summed E-state index contributed by atoms with van der Waals surface area (Å²) in [5.74, 6) is -3.16. The van der Waals surface area contributed by atoms with Crippen LogP contribution in [0, 0.1) is 5.92 Å². The smallest absolute Gasteiger partial charge is 0.490 e. The molecule has 1 aromatic carbocycles. The van der Waals surface area contributed by atoms with Crippen molar-refractivity contribution in [2.45, 2.75) is 31.2 Å². The first kappa shape index (κ1) is 29.8. The summed E-state index contributed by atoms with van der Waals surface area (Å²) in [6.45, 7) is 2.92. The van der Waals surface area contributed by atoms with E-state index < -0.39 is 24.3 Å². The van der Waals surface area contributed by atoms with Gasteiger partial charge < -0.3 is 20.7 Å². The van der Waals surface area contributed by atoms with E-state index >= 15 is 0 Å². The van der Waals surface area contributed by atoms with Crippen LogP contribution in [0.25, 0.3) is 11.1 Å². The number of fused-ring (bicyclic) bond motifs is 3. The summed E-state index contributed by atoms with van der Waals surface area (Å²) in [6.07, 6.45) is -5.27. The largest absolute Gasteiger partial charge is 0.493 e. The van der Waals surface area contributed by atoms with Crippen LogP contribution in [0.4, 0.5) is 26.3 Å². The Hall–Kier alpha value is -3.43. The molecule has 0 amide bonds. The lowest BCUT2D eigenvalue weighted by Crippen LogP contribution is -2.37. The number of alkyl halides is 6. The molecule has 2 aliphatic rings. The van der Waals surface area contributed by atoms with Crippen LogP contribution in [0.2, 0.25) is 0 Å². The van der Waals surface area contributed by atoms with E-state index in [1.807, 2.05) is 24.1 Å². The predicted molar refractivity (Wildman–Crippen MR) is 121 cm³/mol. The number of aromatic nitrogens is 2. The summed E-state index contributed by atoms with van der Waals surface area (Å²) in [6, 6.07) is 6.33. The number of carboxylic acids is 2. The molecule has 37 heavy (non-hydrogen) atoms. The normalized spacial score (nSPS) is 20.8. The first-order valence-corrected chi connectivity index (χ1v) is 11.3. The second kappa shape index (κ2) is 11.3. The third kappa shape index (κ3) is 7.77. The molecular formula is C21H22F6N4O5S. The van der Waals surface area contributed by atoms with E-state index in [1.165, 1.54) is 0 Å². The Morgan fingerprint density at radius 2 is 1.70 bits per heavy atom. The Kier molecular flexibility index (Phi) is 9.11. The van der Waals surface area contributed by atoms with Crippen molar-refractivity contribution < 1.29 is 50.9 Å². The van der Waals surface area contributed by atoms with Crippen molar-refractivity contribution in [1.29, 1.82) is 0 Å². The van der Waals surface area contributed by atoms with Crippen molar-refractivity contribution in [3.05, 3.63) is 36.2 Å². The lowest BCUT2D eigenvalue weighted by atomic mass is 9.78. The van der Waals surface area contributed by atoms with Gasteiger partial charge in [-0.1, -0.05) is 17.8 Å². The van der Waals surface area contributed by atoms with E-state index in [2.05, 4.69) is 30.2 Å². The Morgan fingerprint density at radius 3 is 2.19 bits per heavy atom. The zero-order chi connectivity index (χ0) is 28.2. The molecule has 0 saturated carbocycles. The van der Waals surface area contributed by atoms with Gasteiger partial charge in [0.2, 0.25) is 0 Å². The van der Waals surface area contributed by atoms with E-state index in [-0.39, 0.29) is 5.54 Å². The number of amidine groups is 1. The van der Waals surface area contributed by atoms with Crippen LogP contribution in [0.1, 0.15) is 18.9 Å². The Balaban J connectivity index is 0.000000286. The Morgan fingerprint density at radius 1 is 1.14 bits per heavy atom. The zero-order valence-corrected chi connectivity index (χ0v) is 20.1. The Bertz CT molecular complexity index is 1140. The third-order valence-corrected chi connectivity index (χ3v) is 6.30. The number of ether oxygens (including phenoxy) is 1. The minimum atomic E-state index is -5.08. The van der Waals surface area contributed by atoms with E-state index in [0.29, 0.717) is 11.1 Å². The number of halogens is 6. The number of carbonyl (C=O) groups is 2. The molecule has 2 aliphatic heterocycles. The molecule has 16 heteroatoms. The maximum absolute atomic E-state index is 10.6. The third-order valence-electron chi connectivity index (χ3n) is 5.34. The molecule has 2 atom stereocenters. The van der Waals surface area contributed by atoms with Crippen LogP contribution in [-0.2, 0) is 22.2 Å². The number of aliphatic carboxylic acids is 2. The van der Waals surface area contributed by atoms with E-state index in [1.54, 1.807) is 11.8 Å². The summed E-state index contributed by atoms with van der Waals surface area (Å²) in [7, 11) is 1.93. The highest BCUT2D eigenvalue weighted by atomic mass is 32.2. The van der Waals surface area contributed by atoms with Crippen molar-refractivity contribution in [3.8, 4) is 16.9 Å². The van der Waals surface area contributed by atoms with Crippen LogP contribution in [-0.4, -0.2) is 61.8 Å². The van der Waals surface area contributed by atoms with Gasteiger partial charge in [-0.15, -0.1) is 0 Å². The lowest BCUT2D eigenvalue weighted by molar-refractivity contribution is -0.193. The fourth-order valence-corrected chi connectivity index (χ4v) is 4.57. The molecule has 0 fully saturated rings. The van der Waals surface area contributed by atoms with Gasteiger partial charge in [0, 0.05) is 36.0 Å². The number of rotatable bonds is 1. The van der Waals surface area contributed by atoms with Crippen molar-refractivity contribution >= 4 is 28.9 Å². The average molecular weight is 556 g/mol. The summed E-state index contributed by atoms with van der Waals surface area (Å²) in [4.78, 5) is 22.6. The van der Waals surface area contributed by atoms with Crippen LogP contribution >= 0.6 is 11.8 Å². The average Bonchev–Trinajstić information content (AvgIpc) is 3.15. The van der Waals surface area contributed by atoms with Crippen LogP contribution in [0.5, 0.6) is 5.75 Å². The highest BCUT2D eigenvalue weighted by molar-refractivity contribution is 8.13. The lowest BCUT2D eigenvalue weighted by Gasteiger charge is -2.36. The molecule has 0 spiro atoms. The second-order valence-electron chi connectivity index (χ2n) is 7.96. The number of nitrogens with zero attached hydrogens (tertiary/aromatic N) is 3. The second-order valence-corrected chi connectivity index (χ2v) is 9.00. The number of nitrogens with two attached hydrogens (primary N) is 1. The van der Waals surface area contributed by atoms with Gasteiger partial charge in [0.1, 0.15) is 5.75 Å². The van der Waals surface area contributed by atoms with Gasteiger partial charge in [0.15, 0.2) is 5.17 Å². The number of aryl methyl sites for hydroxylation is 1. The van der Waals surface area contributed by atoms with Crippen molar-refractivity contribution in [2.75, 3.05) is 12.4 Å². The van der Waals surface area contributed by atoms with Gasteiger partial charge in [-0.3, -0.25) is 9.67 Å². The number of aliphatic imine (C=N–C) groups is 1. The van der Waals surface area contributed by atoms with E-state index in [0.717, 1.165) is 41.2 Å². The first-order chi connectivity index (χ1) is 16.9. The SMILES string of the molecule is Cn1cc(-c2ccc3c(c2)[C@@]2(C)N=C(N)SC[C@H]2CCO3)cn1.O=C(O)C(F)(F)F.O=C(O)C(F)(F)F. The minimum Gasteiger partial charge on any atom is -0.493 e. The molecule has 204 valence electrons. The molecule has 0 saturated heterocycles. The van der Waals surface area contributed by atoms with Gasteiger partial charge in [-0.05, 0) is 31.0 Å². The van der Waals surface area contributed by atoms with Gasteiger partial charge >= 0.3 is 24.3 Å². The quantitative estimate of drug-likeness (QED) is 0.448. The van der Waals surface area contributed by atoms with Crippen LogP contribution in [0.15, 0.2) is 35.6 Å². The summed E-state index contributed by atoms with van der Waals surface area (Å²) in [5.41, 5.74) is 9.09. The standard InChI is InChI=1S/C17H20N4OS.2C2HF3O2/c1-17-13(10-23-16(18)20-17)5-6-22-15-4-3-11(7-14(15)17)12-8-19-21(2)9-12;2*3-2(4,5)1(6)7/h3-4,7-9,13H,5-6,10H2,1-2H3,(H2,18,20);2*(H,6,7)/t13-,17+;;/m1../s1. The Labute approximate surface area is 210 Å². The molecule has 0 aliphatic carbocycles. The number of hydrogen-bond acceptors (Lipinski definition) is 7. The zero-order valence-electron chi connectivity index (χ0n) is 19.3. The summed E-state index contributed by atoms with van der Waals surface area (Å²) < 4.78 is 71.3. The number of hydrogen-bond donors (Lipinski definition) is 3. The van der Waals surface area contributed by atoms with Crippen molar-refractivity contribution in [1.82, 2.24) is 9.78 Å². The molecular weight excluding hydrogens is 534 g/mol. The van der Waals surface area contributed by atoms with Gasteiger partial charge in [0.25, 0.3) is 0 Å². The fraction of sp³-hybridized carbons (Fsp3) is 0.429. The molecule has 0 unspecified atom stereocenters. The fourth-order valence-electron chi connectivity index (χ4n) is 3.46. The first-order valence-electron chi connectivity index (χ1n) is 10.3. The number of thioether (sulfide) groups is 1. The predicted octanol–water partition coefficient (Wildman–Crippen LogP) is 4.03. The van der Waals surface area contributed by atoms with E-state index in [4.69, 9.17) is 35.3 Å². The molecule has 4 rings (SSSR count). The number of benzene rings is 1. The monoisotopic (exact) mass is 556 g/mol. The minimum absolute atomic E-state index is 0.320.